The van der Waals surface area contributed by atoms with Crippen LogP contribution < -0.4 is 5.32 Å². The quantitative estimate of drug-likeness (QED) is 0.684. The Morgan fingerprint density at radius 3 is 2.73 bits per heavy atom. The maximum atomic E-state index is 13.2. The van der Waals surface area contributed by atoms with E-state index in [9.17, 15) is 14.0 Å². The smallest absolute Gasteiger partial charge is 0.290 e. The van der Waals surface area contributed by atoms with E-state index in [0.29, 0.717) is 16.8 Å². The molecule has 0 aliphatic rings. The van der Waals surface area contributed by atoms with E-state index in [1.165, 1.54) is 30.1 Å². The predicted octanol–water partition coefficient (Wildman–Crippen LogP) is 4.35. The van der Waals surface area contributed by atoms with Crippen LogP contribution in [0.3, 0.4) is 0 Å². The van der Waals surface area contributed by atoms with Crippen molar-refractivity contribution in [2.24, 2.45) is 0 Å². The number of amides is 2. The Hall–Kier alpha value is -2.67. The van der Waals surface area contributed by atoms with Gasteiger partial charge in [0.25, 0.3) is 5.91 Å². The molecule has 0 atom stereocenters. The number of carbonyl (C=O) groups is 2. The molecule has 2 amide bonds. The molecule has 3 rings (SSSR count). The molecule has 134 valence electrons. The first kappa shape index (κ1) is 18.1. The molecule has 0 saturated heterocycles. The van der Waals surface area contributed by atoms with Crippen LogP contribution in [0.25, 0.3) is 11.0 Å². The monoisotopic (exact) mass is 418 g/mol. The van der Waals surface area contributed by atoms with E-state index in [-0.39, 0.29) is 12.3 Å². The maximum absolute atomic E-state index is 13.2. The average Bonchev–Trinajstić information content (AvgIpc) is 2.90. The summed E-state index contributed by atoms with van der Waals surface area (Å²) in [5.74, 6) is -1.08. The lowest BCUT2D eigenvalue weighted by Crippen LogP contribution is -2.35. The molecule has 0 spiro atoms. The van der Waals surface area contributed by atoms with Gasteiger partial charge in [0.15, 0.2) is 5.76 Å². The summed E-state index contributed by atoms with van der Waals surface area (Å²) < 4.78 is 19.7. The molecular formula is C19H16BrFN2O3. The number of nitrogens with one attached hydrogen (secondary N) is 1. The van der Waals surface area contributed by atoms with Crippen LogP contribution in [-0.2, 0) is 4.79 Å². The summed E-state index contributed by atoms with van der Waals surface area (Å²) >= 11 is 3.39. The van der Waals surface area contributed by atoms with Crippen LogP contribution in [0.1, 0.15) is 16.1 Å². The van der Waals surface area contributed by atoms with Crippen LogP contribution in [0.2, 0.25) is 0 Å². The molecule has 5 nitrogen and oxygen atoms in total. The van der Waals surface area contributed by atoms with Gasteiger partial charge in [-0.3, -0.25) is 9.59 Å². The molecule has 2 aromatic carbocycles. The molecule has 7 heteroatoms. The summed E-state index contributed by atoms with van der Waals surface area (Å²) in [7, 11) is 1.51. The van der Waals surface area contributed by atoms with E-state index in [1.807, 2.05) is 12.1 Å². The van der Waals surface area contributed by atoms with Gasteiger partial charge in [0, 0.05) is 28.2 Å². The first-order valence-corrected chi connectivity index (χ1v) is 8.64. The number of carbonyl (C=O) groups excluding carboxylic acids is 2. The van der Waals surface area contributed by atoms with Crippen molar-refractivity contribution in [3.05, 3.63) is 64.1 Å². The van der Waals surface area contributed by atoms with Gasteiger partial charge in [-0.1, -0.05) is 22.0 Å². The standard InChI is InChI=1S/C19H16BrFN2O3/c1-11-15-8-12(20)6-7-16(15)26-18(11)19(25)23(2)10-17(24)22-14-5-3-4-13(21)9-14/h3-9H,10H2,1-2H3,(H,22,24). The van der Waals surface area contributed by atoms with Crippen LogP contribution in [0.4, 0.5) is 10.1 Å². The van der Waals surface area contributed by atoms with Crippen LogP contribution in [0.15, 0.2) is 51.4 Å². The predicted molar refractivity (Wildman–Crippen MR) is 101 cm³/mol. The molecule has 26 heavy (non-hydrogen) atoms. The SMILES string of the molecule is Cc1c(C(=O)N(C)CC(=O)Nc2cccc(F)c2)oc2ccc(Br)cc12. The van der Waals surface area contributed by atoms with Gasteiger partial charge in [0.1, 0.15) is 11.4 Å². The minimum atomic E-state index is -0.448. The third-order valence-electron chi connectivity index (χ3n) is 3.93. The molecule has 0 saturated carbocycles. The Morgan fingerprint density at radius 1 is 1.23 bits per heavy atom. The van der Waals surface area contributed by atoms with Crippen molar-refractivity contribution in [2.45, 2.75) is 6.92 Å². The van der Waals surface area contributed by atoms with Crippen LogP contribution in [-0.4, -0.2) is 30.3 Å². The number of hydrogen-bond acceptors (Lipinski definition) is 3. The number of hydrogen-bond donors (Lipinski definition) is 1. The second kappa shape index (κ2) is 7.29. The highest BCUT2D eigenvalue weighted by molar-refractivity contribution is 9.10. The fourth-order valence-corrected chi connectivity index (χ4v) is 2.99. The normalized spacial score (nSPS) is 10.8. The molecule has 0 bridgehead atoms. The van der Waals surface area contributed by atoms with Gasteiger partial charge in [0.05, 0.1) is 6.54 Å². The van der Waals surface area contributed by atoms with Gasteiger partial charge in [-0.05, 0) is 43.3 Å². The molecular weight excluding hydrogens is 403 g/mol. The number of rotatable bonds is 4. The highest BCUT2D eigenvalue weighted by atomic mass is 79.9. The fourth-order valence-electron chi connectivity index (χ4n) is 2.62. The lowest BCUT2D eigenvalue weighted by molar-refractivity contribution is -0.116. The van der Waals surface area contributed by atoms with E-state index in [0.717, 1.165) is 9.86 Å². The van der Waals surface area contributed by atoms with Gasteiger partial charge in [-0.15, -0.1) is 0 Å². The summed E-state index contributed by atoms with van der Waals surface area (Å²) in [6, 6.07) is 11.0. The number of aryl methyl sites for hydroxylation is 1. The molecule has 0 fully saturated rings. The Bertz CT molecular complexity index is 1000. The molecule has 3 aromatic rings. The Labute approximate surface area is 157 Å². The Morgan fingerprint density at radius 2 is 2.00 bits per heavy atom. The lowest BCUT2D eigenvalue weighted by Gasteiger charge is -2.16. The summed E-state index contributed by atoms with van der Waals surface area (Å²) in [5, 5.41) is 3.39. The minimum Gasteiger partial charge on any atom is -0.451 e. The zero-order chi connectivity index (χ0) is 18.8. The summed E-state index contributed by atoms with van der Waals surface area (Å²) in [4.78, 5) is 26.0. The number of anilines is 1. The van der Waals surface area contributed by atoms with Gasteiger partial charge < -0.3 is 14.6 Å². The summed E-state index contributed by atoms with van der Waals surface area (Å²) in [5.41, 5.74) is 1.65. The van der Waals surface area contributed by atoms with Crippen molar-refractivity contribution in [2.75, 3.05) is 18.9 Å². The summed E-state index contributed by atoms with van der Waals surface area (Å²) in [6.07, 6.45) is 0. The maximum Gasteiger partial charge on any atom is 0.290 e. The molecule has 1 aromatic heterocycles. The van der Waals surface area contributed by atoms with Gasteiger partial charge in [-0.2, -0.15) is 0 Å². The highest BCUT2D eigenvalue weighted by Gasteiger charge is 2.22. The minimum absolute atomic E-state index is 0.185. The second-order valence-electron chi connectivity index (χ2n) is 5.92. The number of likely N-dealkylation sites (N-methyl/N-ethyl adjacent to an activating group) is 1. The number of fused-ring (bicyclic) bond motifs is 1. The second-order valence-corrected chi connectivity index (χ2v) is 6.83. The van der Waals surface area contributed by atoms with Crippen molar-refractivity contribution >= 4 is 44.4 Å². The van der Waals surface area contributed by atoms with Gasteiger partial charge in [0.2, 0.25) is 5.91 Å². The van der Waals surface area contributed by atoms with E-state index >= 15 is 0 Å². The lowest BCUT2D eigenvalue weighted by atomic mass is 10.1. The third kappa shape index (κ3) is 3.77. The van der Waals surface area contributed by atoms with E-state index in [2.05, 4.69) is 21.2 Å². The van der Waals surface area contributed by atoms with Crippen molar-refractivity contribution in [1.29, 1.82) is 0 Å². The van der Waals surface area contributed by atoms with E-state index < -0.39 is 17.6 Å². The van der Waals surface area contributed by atoms with Crippen molar-refractivity contribution in [1.82, 2.24) is 4.90 Å². The average molecular weight is 419 g/mol. The van der Waals surface area contributed by atoms with Crippen LogP contribution in [0.5, 0.6) is 0 Å². The fraction of sp³-hybridized carbons (Fsp3) is 0.158. The van der Waals surface area contributed by atoms with Crippen LogP contribution >= 0.6 is 15.9 Å². The van der Waals surface area contributed by atoms with Crippen molar-refractivity contribution < 1.29 is 18.4 Å². The molecule has 1 heterocycles. The number of nitrogens with zero attached hydrogens (tertiary/aromatic N) is 1. The number of halogens is 2. The first-order chi connectivity index (χ1) is 12.3. The molecule has 0 radical (unpaired) electrons. The zero-order valence-electron chi connectivity index (χ0n) is 14.2. The zero-order valence-corrected chi connectivity index (χ0v) is 15.8. The molecule has 0 aliphatic heterocycles. The first-order valence-electron chi connectivity index (χ1n) is 7.84. The number of benzene rings is 2. The van der Waals surface area contributed by atoms with E-state index in [1.54, 1.807) is 19.1 Å². The Kier molecular flexibility index (Phi) is 5.08. The highest BCUT2D eigenvalue weighted by Crippen LogP contribution is 2.28. The Balaban J connectivity index is 1.73. The topological polar surface area (TPSA) is 62.6 Å². The van der Waals surface area contributed by atoms with Crippen molar-refractivity contribution in [3.63, 3.8) is 0 Å². The molecule has 0 aliphatic carbocycles. The van der Waals surface area contributed by atoms with E-state index in [4.69, 9.17) is 4.42 Å². The molecule has 1 N–H and O–H groups in total. The van der Waals surface area contributed by atoms with Gasteiger partial charge >= 0.3 is 0 Å². The van der Waals surface area contributed by atoms with Crippen molar-refractivity contribution in [3.8, 4) is 0 Å². The largest absolute Gasteiger partial charge is 0.451 e. The third-order valence-corrected chi connectivity index (χ3v) is 4.42. The molecule has 0 unspecified atom stereocenters. The van der Waals surface area contributed by atoms with Crippen LogP contribution in [0, 0.1) is 12.7 Å². The summed E-state index contributed by atoms with van der Waals surface area (Å²) in [6.45, 7) is 1.61. The van der Waals surface area contributed by atoms with Gasteiger partial charge in [-0.25, -0.2) is 4.39 Å². The number of furan rings is 1.